The van der Waals surface area contributed by atoms with Crippen LogP contribution >= 0.6 is 11.6 Å². The van der Waals surface area contributed by atoms with Crippen LogP contribution in [0.4, 0.5) is 5.69 Å². The molecule has 2 N–H and O–H groups in total. The Morgan fingerprint density at radius 1 is 1.09 bits per heavy atom. The number of fused-ring (bicyclic) bond motifs is 4. The Morgan fingerprint density at radius 3 is 2.70 bits per heavy atom. The van der Waals surface area contributed by atoms with E-state index in [1.165, 1.54) is 11.1 Å². The first-order valence-corrected chi connectivity index (χ1v) is 18.8. The minimum atomic E-state index is -4.07. The average molecular weight is 675 g/mol. The van der Waals surface area contributed by atoms with E-state index in [-0.39, 0.29) is 35.2 Å². The predicted molar refractivity (Wildman–Crippen MR) is 186 cm³/mol. The first-order valence-electron chi connectivity index (χ1n) is 16.9. The largest absolute Gasteiger partial charge is 0.490 e. The summed E-state index contributed by atoms with van der Waals surface area (Å²) < 4.78 is 36.9. The lowest BCUT2D eigenvalue weighted by Gasteiger charge is -2.45. The van der Waals surface area contributed by atoms with Gasteiger partial charge in [-0.2, -0.15) is 0 Å². The Hall–Kier alpha value is -3.33. The molecule has 0 aromatic heterocycles. The van der Waals surface area contributed by atoms with Gasteiger partial charge in [0, 0.05) is 29.1 Å². The fourth-order valence-corrected chi connectivity index (χ4v) is 10.1. The van der Waals surface area contributed by atoms with Crippen LogP contribution < -0.4 is 14.4 Å². The van der Waals surface area contributed by atoms with Crippen molar-refractivity contribution in [2.45, 2.75) is 68.6 Å². The topological polar surface area (TPSA) is 95.9 Å². The molecule has 1 saturated carbocycles. The highest BCUT2D eigenvalue weighted by molar-refractivity contribution is 7.90. The van der Waals surface area contributed by atoms with Crippen LogP contribution in [0.1, 0.15) is 66.1 Å². The molecule has 3 aromatic rings. The van der Waals surface area contributed by atoms with E-state index in [9.17, 15) is 18.3 Å². The maximum Gasteiger partial charge on any atom is 0.264 e. The lowest BCUT2D eigenvalue weighted by atomic mass is 9.68. The fraction of sp³-hybridized carbons (Fsp3) is 0.447. The van der Waals surface area contributed by atoms with Gasteiger partial charge < -0.3 is 14.7 Å². The Kier molecular flexibility index (Phi) is 8.87. The number of carbonyl (C=O) groups excluding carboxylic acids is 1. The first-order chi connectivity index (χ1) is 22.6. The van der Waals surface area contributed by atoms with Crippen LogP contribution in [0.2, 0.25) is 5.02 Å². The molecule has 248 valence electrons. The maximum atomic E-state index is 13.9. The molecule has 2 bridgehead atoms. The molecule has 0 radical (unpaired) electrons. The van der Waals surface area contributed by atoms with Crippen molar-refractivity contribution in [2.24, 2.45) is 17.8 Å². The van der Waals surface area contributed by atoms with Gasteiger partial charge in [-0.1, -0.05) is 67.1 Å². The number of carbonyl (C=O) groups is 1. The molecule has 6 atom stereocenters. The number of halogens is 1. The summed E-state index contributed by atoms with van der Waals surface area (Å²) in [5.41, 5.74) is 4.17. The molecule has 1 spiro atoms. The quantitative estimate of drug-likeness (QED) is 0.303. The highest BCUT2D eigenvalue weighted by Gasteiger charge is 2.44. The number of amides is 1. The molecular weight excluding hydrogens is 632 g/mol. The number of aliphatic hydroxyl groups excluding tert-OH is 1. The zero-order valence-electron chi connectivity index (χ0n) is 26.8. The van der Waals surface area contributed by atoms with E-state index in [4.69, 9.17) is 16.3 Å². The Balaban J connectivity index is 1.28. The number of allylic oxidation sites excluding steroid dienone is 1. The highest BCUT2D eigenvalue weighted by atomic mass is 35.5. The van der Waals surface area contributed by atoms with E-state index >= 15 is 0 Å². The van der Waals surface area contributed by atoms with E-state index in [1.807, 2.05) is 55.5 Å². The predicted octanol–water partition coefficient (Wildman–Crippen LogP) is 6.47. The number of hydrogen-bond donors (Lipinski definition) is 2. The van der Waals surface area contributed by atoms with Crippen molar-refractivity contribution >= 4 is 33.2 Å². The maximum absolute atomic E-state index is 13.9. The summed E-state index contributed by atoms with van der Waals surface area (Å²) in [4.78, 5) is 16.1. The number of rotatable bonds is 2. The number of aliphatic hydroxyl groups is 1. The van der Waals surface area contributed by atoms with Gasteiger partial charge in [-0.05, 0) is 110 Å². The van der Waals surface area contributed by atoms with Crippen LogP contribution in [-0.2, 0) is 28.3 Å². The number of benzene rings is 3. The average Bonchev–Trinajstić information content (AvgIpc) is 3.18. The van der Waals surface area contributed by atoms with Gasteiger partial charge in [-0.3, -0.25) is 4.79 Å². The third-order valence-electron chi connectivity index (χ3n) is 11.1. The molecule has 1 fully saturated rings. The molecule has 2 heterocycles. The molecule has 7 rings (SSSR count). The molecule has 0 unspecified atom stereocenters. The van der Waals surface area contributed by atoms with Crippen LogP contribution in [0.25, 0.3) is 0 Å². The van der Waals surface area contributed by atoms with E-state index in [0.717, 1.165) is 48.4 Å². The van der Waals surface area contributed by atoms with Crippen LogP contribution in [0.5, 0.6) is 5.75 Å². The zero-order valence-corrected chi connectivity index (χ0v) is 28.3. The van der Waals surface area contributed by atoms with Gasteiger partial charge in [0.2, 0.25) is 10.0 Å². The number of nitrogens with one attached hydrogen (secondary N) is 1. The summed E-state index contributed by atoms with van der Waals surface area (Å²) in [6.07, 6.45) is 8.78. The first kappa shape index (κ1) is 32.2. The fourth-order valence-electron chi connectivity index (χ4n) is 8.26. The highest BCUT2D eigenvalue weighted by Crippen LogP contribution is 2.46. The Morgan fingerprint density at radius 2 is 1.91 bits per heavy atom. The smallest absolute Gasteiger partial charge is 0.264 e. The summed E-state index contributed by atoms with van der Waals surface area (Å²) in [6, 6.07) is 20.9. The minimum absolute atomic E-state index is 0.103. The van der Waals surface area contributed by atoms with Crippen LogP contribution in [0.15, 0.2) is 78.9 Å². The summed E-state index contributed by atoms with van der Waals surface area (Å²) in [7, 11) is -4.07. The van der Waals surface area contributed by atoms with Gasteiger partial charge >= 0.3 is 0 Å². The van der Waals surface area contributed by atoms with Gasteiger partial charge in [0.05, 0.1) is 23.6 Å². The van der Waals surface area contributed by atoms with Crippen molar-refractivity contribution in [1.82, 2.24) is 4.72 Å². The van der Waals surface area contributed by atoms with Gasteiger partial charge in [0.25, 0.3) is 5.91 Å². The standard InChI is InChI=1S/C38H43ClN2O5S/c1-25-7-5-11-34(42)31-15-12-29(31)22-41-23-38(18-6-10-27-20-30(39)14-16-32(27)38)24-46-35-17-13-28(21-33(35)41)37(43)40-47(44,45)36(25)19-26-8-3-2-4-9-26/h2-5,8-9,11,13-14,16-17,20-21,25,29,31,34,36,42H,6-7,10,12,15,18-19,22-24H2,1H3,(H,40,43)/b11-5-/t25-,29-,31+,34-,36+,38-/m0/s1. The van der Waals surface area contributed by atoms with Gasteiger partial charge in [0.1, 0.15) is 5.75 Å². The second-order valence-electron chi connectivity index (χ2n) is 14.1. The normalized spacial score (nSPS) is 30.9. The third-order valence-corrected chi connectivity index (χ3v) is 13.2. The molecule has 0 saturated heterocycles. The van der Waals surface area contributed by atoms with Gasteiger partial charge in [-0.25, -0.2) is 13.1 Å². The summed E-state index contributed by atoms with van der Waals surface area (Å²) >= 11 is 6.42. The molecule has 1 amide bonds. The van der Waals surface area contributed by atoms with Crippen molar-refractivity contribution in [3.8, 4) is 5.75 Å². The van der Waals surface area contributed by atoms with Gasteiger partial charge in [-0.15, -0.1) is 0 Å². The monoisotopic (exact) mass is 674 g/mol. The number of aryl methyl sites for hydroxylation is 1. The second kappa shape index (κ2) is 12.9. The number of nitrogens with zero attached hydrogens (tertiary/aromatic N) is 1. The van der Waals surface area contributed by atoms with Crippen LogP contribution in [0, 0.1) is 17.8 Å². The molecule has 3 aromatic carbocycles. The molecule has 2 aliphatic carbocycles. The number of sulfonamides is 1. The summed E-state index contributed by atoms with van der Waals surface area (Å²) in [6.45, 7) is 3.77. The summed E-state index contributed by atoms with van der Waals surface area (Å²) in [5, 5.41) is 11.2. The summed E-state index contributed by atoms with van der Waals surface area (Å²) in [5.74, 6) is 0.102. The van der Waals surface area contributed by atoms with Crippen LogP contribution in [-0.4, -0.2) is 50.5 Å². The lowest BCUT2D eigenvalue weighted by molar-refractivity contribution is 0.0456. The minimum Gasteiger partial charge on any atom is -0.490 e. The molecule has 2 aliphatic heterocycles. The Bertz CT molecular complexity index is 1780. The van der Waals surface area contributed by atoms with E-state index in [1.54, 1.807) is 18.2 Å². The van der Waals surface area contributed by atoms with Crippen molar-refractivity contribution < 1.29 is 23.1 Å². The van der Waals surface area contributed by atoms with Crippen LogP contribution in [0.3, 0.4) is 0 Å². The van der Waals surface area contributed by atoms with Crippen molar-refractivity contribution in [3.63, 3.8) is 0 Å². The van der Waals surface area contributed by atoms with Crippen molar-refractivity contribution in [2.75, 3.05) is 24.6 Å². The van der Waals surface area contributed by atoms with E-state index in [0.29, 0.717) is 31.9 Å². The van der Waals surface area contributed by atoms with Gasteiger partial charge in [0.15, 0.2) is 0 Å². The molecule has 9 heteroatoms. The number of hydrogen-bond acceptors (Lipinski definition) is 6. The third kappa shape index (κ3) is 6.44. The Labute approximate surface area is 283 Å². The molecule has 4 aliphatic rings. The van der Waals surface area contributed by atoms with Crippen molar-refractivity contribution in [1.29, 1.82) is 0 Å². The lowest BCUT2D eigenvalue weighted by Crippen LogP contribution is -2.49. The molecule has 7 nitrogen and oxygen atoms in total. The molecular formula is C38H43ClN2O5S. The molecule has 47 heavy (non-hydrogen) atoms. The second-order valence-corrected chi connectivity index (χ2v) is 16.5. The number of ether oxygens (including phenoxy) is 1. The van der Waals surface area contributed by atoms with E-state index < -0.39 is 27.3 Å². The zero-order chi connectivity index (χ0) is 32.8. The number of anilines is 1. The SMILES string of the molecule is C[C@H]1C/C=C\[C@H](O)[C@@H]2CC[C@H]2CN2C[C@@]3(CCCc4cc(Cl)ccc43)COc3ccc(cc32)C(=O)NS(=O)(=O)[C@@H]1Cc1ccccc1. The van der Waals surface area contributed by atoms with E-state index in [2.05, 4.69) is 21.8 Å². The van der Waals surface area contributed by atoms with Crippen molar-refractivity contribution in [3.05, 3.63) is 106 Å².